The van der Waals surface area contributed by atoms with Gasteiger partial charge in [-0.25, -0.2) is 4.39 Å². The van der Waals surface area contributed by atoms with Crippen molar-refractivity contribution < 1.29 is 9.18 Å². The van der Waals surface area contributed by atoms with Crippen molar-refractivity contribution in [3.63, 3.8) is 0 Å². The molecule has 0 unspecified atom stereocenters. The molecular formula is C20H15BrFN3O. The van der Waals surface area contributed by atoms with Crippen molar-refractivity contribution in [3.05, 3.63) is 87.9 Å². The zero-order chi connectivity index (χ0) is 18.3. The molecular weight excluding hydrogens is 397 g/mol. The number of amides is 1. The molecule has 1 aromatic heterocycles. The predicted octanol–water partition coefficient (Wildman–Crippen LogP) is 5.06. The molecule has 3 aromatic rings. The molecule has 1 aliphatic heterocycles. The molecule has 1 amide bonds. The smallest absolute Gasteiger partial charge is 0.262 e. The van der Waals surface area contributed by atoms with Crippen LogP contribution >= 0.6 is 15.9 Å². The lowest BCUT2D eigenvalue weighted by atomic mass is 10.2. The van der Waals surface area contributed by atoms with Gasteiger partial charge in [0.15, 0.2) is 6.17 Å². The topological polar surface area (TPSA) is 45.2 Å². The lowest BCUT2D eigenvalue weighted by Gasteiger charge is -2.27. The Morgan fingerprint density at radius 1 is 1.15 bits per heavy atom. The van der Waals surface area contributed by atoms with Crippen molar-refractivity contribution in [1.82, 2.24) is 4.98 Å². The molecule has 130 valence electrons. The highest BCUT2D eigenvalue weighted by Crippen LogP contribution is 2.37. The second-order valence-corrected chi connectivity index (χ2v) is 7.03. The second-order valence-electron chi connectivity index (χ2n) is 6.12. The summed E-state index contributed by atoms with van der Waals surface area (Å²) in [6, 6.07) is 15.9. The molecule has 0 radical (unpaired) electrons. The monoisotopic (exact) mass is 411 g/mol. The Kier molecular flexibility index (Phi) is 4.20. The number of aromatic nitrogens is 1. The molecule has 26 heavy (non-hydrogen) atoms. The molecule has 2 heterocycles. The first kappa shape index (κ1) is 16.7. The zero-order valence-corrected chi connectivity index (χ0v) is 15.5. The van der Waals surface area contributed by atoms with Crippen molar-refractivity contribution >= 4 is 33.2 Å². The minimum atomic E-state index is -0.586. The maximum Gasteiger partial charge on any atom is 0.262 e. The van der Waals surface area contributed by atoms with E-state index in [4.69, 9.17) is 0 Å². The highest BCUT2D eigenvalue weighted by Gasteiger charge is 2.39. The van der Waals surface area contributed by atoms with Gasteiger partial charge >= 0.3 is 0 Å². The third kappa shape index (κ3) is 2.86. The number of carbonyl (C=O) groups excluding carboxylic acids is 1. The van der Waals surface area contributed by atoms with Gasteiger partial charge in [0.05, 0.1) is 16.9 Å². The molecule has 0 saturated heterocycles. The quantitative estimate of drug-likeness (QED) is 0.654. The third-order valence-corrected chi connectivity index (χ3v) is 4.83. The van der Waals surface area contributed by atoms with E-state index >= 15 is 0 Å². The number of aryl methyl sites for hydroxylation is 1. The first-order chi connectivity index (χ1) is 12.5. The molecule has 4 nitrogen and oxygen atoms in total. The maximum atomic E-state index is 14.3. The molecule has 0 saturated carbocycles. The number of carbonyl (C=O) groups is 1. The Hall–Kier alpha value is -2.73. The summed E-state index contributed by atoms with van der Waals surface area (Å²) in [4.78, 5) is 18.9. The second kappa shape index (κ2) is 6.53. The van der Waals surface area contributed by atoms with Gasteiger partial charge in [-0.3, -0.25) is 14.7 Å². The lowest BCUT2D eigenvalue weighted by Crippen LogP contribution is -2.32. The Balaban J connectivity index is 1.79. The van der Waals surface area contributed by atoms with Crippen LogP contribution in [0.25, 0.3) is 0 Å². The molecule has 6 heteroatoms. The van der Waals surface area contributed by atoms with E-state index in [1.807, 2.05) is 31.2 Å². The van der Waals surface area contributed by atoms with E-state index in [0.717, 1.165) is 11.3 Å². The first-order valence-corrected chi connectivity index (χ1v) is 8.90. The Bertz CT molecular complexity index is 991. The molecule has 0 bridgehead atoms. The van der Waals surface area contributed by atoms with Gasteiger partial charge in [-0.05, 0) is 49.4 Å². The van der Waals surface area contributed by atoms with Crippen molar-refractivity contribution in [2.45, 2.75) is 13.1 Å². The number of hydrogen-bond donors (Lipinski definition) is 1. The summed E-state index contributed by atoms with van der Waals surface area (Å²) in [5.41, 5.74) is 3.23. The van der Waals surface area contributed by atoms with Gasteiger partial charge in [-0.15, -0.1) is 0 Å². The molecule has 4 rings (SSSR count). The number of nitrogens with zero attached hydrogens (tertiary/aromatic N) is 2. The van der Waals surface area contributed by atoms with Crippen LogP contribution in [0.2, 0.25) is 0 Å². The van der Waals surface area contributed by atoms with E-state index in [1.54, 1.807) is 35.4 Å². The van der Waals surface area contributed by atoms with Crippen molar-refractivity contribution in [1.29, 1.82) is 0 Å². The summed E-state index contributed by atoms with van der Waals surface area (Å²) in [6.45, 7) is 1.98. The fourth-order valence-corrected chi connectivity index (χ4v) is 3.38. The normalized spacial score (nSPS) is 15.9. The van der Waals surface area contributed by atoms with E-state index in [-0.39, 0.29) is 5.91 Å². The Morgan fingerprint density at radius 2 is 1.92 bits per heavy atom. The molecule has 1 aliphatic rings. The van der Waals surface area contributed by atoms with E-state index in [1.165, 1.54) is 6.07 Å². The van der Waals surface area contributed by atoms with Crippen LogP contribution in [-0.4, -0.2) is 10.9 Å². The summed E-state index contributed by atoms with van der Waals surface area (Å²) < 4.78 is 15.0. The van der Waals surface area contributed by atoms with Gasteiger partial charge in [-0.2, -0.15) is 0 Å². The average Bonchev–Trinajstić information content (AvgIpc) is 2.91. The maximum absolute atomic E-state index is 14.3. The highest BCUT2D eigenvalue weighted by molar-refractivity contribution is 9.10. The molecule has 0 fully saturated rings. The molecule has 2 aromatic carbocycles. The molecule has 0 aliphatic carbocycles. The van der Waals surface area contributed by atoms with Gasteiger partial charge in [-0.1, -0.05) is 33.6 Å². The standard InChI is InChI=1S/C20H15BrFN3O/c1-12-4-7-14(8-5-12)25-19(18-15(20(25)26)3-2-10-23-18)24-17-9-6-13(21)11-16(17)22/h2-11,19,24H,1H3/t19-/m1/s1. The Morgan fingerprint density at radius 3 is 2.65 bits per heavy atom. The van der Waals surface area contributed by atoms with Crippen molar-refractivity contribution in [2.75, 3.05) is 10.2 Å². The van der Waals surface area contributed by atoms with Crippen LogP contribution in [0, 0.1) is 12.7 Å². The van der Waals surface area contributed by atoms with Crippen LogP contribution in [0.3, 0.4) is 0 Å². The van der Waals surface area contributed by atoms with E-state index in [9.17, 15) is 9.18 Å². The van der Waals surface area contributed by atoms with Crippen molar-refractivity contribution in [2.24, 2.45) is 0 Å². The van der Waals surface area contributed by atoms with Crippen LogP contribution < -0.4 is 10.2 Å². The number of hydrogen-bond acceptors (Lipinski definition) is 3. The lowest BCUT2D eigenvalue weighted by molar-refractivity contribution is 0.0993. The number of pyridine rings is 1. The van der Waals surface area contributed by atoms with Gasteiger partial charge < -0.3 is 5.32 Å². The number of halogens is 2. The van der Waals surface area contributed by atoms with E-state index in [0.29, 0.717) is 21.4 Å². The number of nitrogens with one attached hydrogen (secondary N) is 1. The zero-order valence-electron chi connectivity index (χ0n) is 13.9. The van der Waals surface area contributed by atoms with Gasteiger partial charge in [0.25, 0.3) is 5.91 Å². The van der Waals surface area contributed by atoms with Crippen LogP contribution in [0.5, 0.6) is 0 Å². The van der Waals surface area contributed by atoms with Gasteiger partial charge in [0.1, 0.15) is 5.82 Å². The van der Waals surface area contributed by atoms with Gasteiger partial charge in [0, 0.05) is 16.4 Å². The SMILES string of the molecule is Cc1ccc(N2C(=O)c3cccnc3[C@@H]2Nc2ccc(Br)cc2F)cc1. The predicted molar refractivity (Wildman–Crippen MR) is 103 cm³/mol. The number of fused-ring (bicyclic) bond motifs is 1. The van der Waals surface area contributed by atoms with Crippen LogP contribution in [0.1, 0.15) is 27.8 Å². The minimum Gasteiger partial charge on any atom is -0.357 e. The largest absolute Gasteiger partial charge is 0.357 e. The first-order valence-electron chi connectivity index (χ1n) is 8.11. The van der Waals surface area contributed by atoms with Crippen LogP contribution in [-0.2, 0) is 0 Å². The number of anilines is 2. The number of rotatable bonds is 3. The Labute approximate surface area is 158 Å². The van der Waals surface area contributed by atoms with Crippen LogP contribution in [0.15, 0.2) is 65.3 Å². The minimum absolute atomic E-state index is 0.160. The van der Waals surface area contributed by atoms with E-state index in [2.05, 4.69) is 26.2 Å². The summed E-state index contributed by atoms with van der Waals surface area (Å²) in [7, 11) is 0. The molecule has 1 atom stereocenters. The molecule has 0 spiro atoms. The molecule has 1 N–H and O–H groups in total. The summed E-state index contributed by atoms with van der Waals surface area (Å²) in [5, 5.41) is 3.13. The fourth-order valence-electron chi connectivity index (χ4n) is 3.04. The summed E-state index contributed by atoms with van der Waals surface area (Å²) >= 11 is 3.26. The van der Waals surface area contributed by atoms with Gasteiger partial charge in [0.2, 0.25) is 0 Å². The van der Waals surface area contributed by atoms with Crippen molar-refractivity contribution in [3.8, 4) is 0 Å². The number of benzene rings is 2. The fraction of sp³-hybridized carbons (Fsp3) is 0.100. The summed E-state index contributed by atoms with van der Waals surface area (Å²) in [5.74, 6) is -0.563. The summed E-state index contributed by atoms with van der Waals surface area (Å²) in [6.07, 6.45) is 1.05. The highest BCUT2D eigenvalue weighted by atomic mass is 79.9. The average molecular weight is 412 g/mol. The van der Waals surface area contributed by atoms with Crippen LogP contribution in [0.4, 0.5) is 15.8 Å². The third-order valence-electron chi connectivity index (χ3n) is 4.34. The van der Waals surface area contributed by atoms with E-state index < -0.39 is 12.0 Å².